The minimum atomic E-state index is -0.869. The molecular formula is C18H22FNO3. The lowest BCUT2D eigenvalue weighted by Gasteiger charge is -2.15. The summed E-state index contributed by atoms with van der Waals surface area (Å²) in [6, 6.07) is 7.79. The standard InChI is InChI=1S/C18H22FNO3/c1-11(2)9-16(18(21)22)20-10-13-7-8-17(23-13)14-5-4-6-15(19)12(14)3/h4-8,11,16,20H,9-10H2,1-3H3,(H,21,22)/t16-/m1/s1. The zero-order valence-corrected chi connectivity index (χ0v) is 13.6. The smallest absolute Gasteiger partial charge is 0.320 e. The predicted octanol–water partition coefficient (Wildman–Crippen LogP) is 3.98. The number of nitrogens with one attached hydrogen (secondary N) is 1. The Morgan fingerprint density at radius 3 is 2.70 bits per heavy atom. The molecule has 1 aromatic heterocycles. The molecule has 1 atom stereocenters. The molecule has 0 aliphatic heterocycles. The first-order valence-electron chi connectivity index (χ1n) is 7.69. The SMILES string of the molecule is Cc1c(F)cccc1-c1ccc(CN[C@H](CC(C)C)C(=O)O)o1. The topological polar surface area (TPSA) is 62.5 Å². The van der Waals surface area contributed by atoms with Crippen LogP contribution in [-0.2, 0) is 11.3 Å². The number of carboxylic acid groups (broad SMARTS) is 1. The van der Waals surface area contributed by atoms with E-state index in [1.807, 2.05) is 13.8 Å². The van der Waals surface area contributed by atoms with E-state index >= 15 is 0 Å². The molecule has 5 heteroatoms. The summed E-state index contributed by atoms with van der Waals surface area (Å²) in [6.07, 6.45) is 0.548. The molecule has 124 valence electrons. The number of furan rings is 1. The molecule has 0 aliphatic carbocycles. The van der Waals surface area contributed by atoms with Crippen LogP contribution in [0.2, 0.25) is 0 Å². The number of carboxylic acids is 1. The monoisotopic (exact) mass is 319 g/mol. The largest absolute Gasteiger partial charge is 0.480 e. The second-order valence-corrected chi connectivity index (χ2v) is 6.08. The normalized spacial score (nSPS) is 12.6. The van der Waals surface area contributed by atoms with Crippen molar-refractivity contribution in [3.05, 3.63) is 47.5 Å². The van der Waals surface area contributed by atoms with Gasteiger partial charge in [0.05, 0.1) is 6.54 Å². The van der Waals surface area contributed by atoms with Crippen molar-refractivity contribution in [3.63, 3.8) is 0 Å². The Morgan fingerprint density at radius 1 is 1.30 bits per heavy atom. The molecule has 0 unspecified atom stereocenters. The average Bonchev–Trinajstić information content (AvgIpc) is 2.94. The molecule has 0 amide bonds. The fourth-order valence-corrected chi connectivity index (χ4v) is 2.46. The van der Waals surface area contributed by atoms with Crippen LogP contribution in [0.15, 0.2) is 34.7 Å². The summed E-state index contributed by atoms with van der Waals surface area (Å²) in [4.78, 5) is 11.2. The first kappa shape index (κ1) is 17.2. The summed E-state index contributed by atoms with van der Waals surface area (Å²) in [5, 5.41) is 12.2. The third kappa shape index (κ3) is 4.42. The van der Waals surface area contributed by atoms with E-state index in [4.69, 9.17) is 4.42 Å². The molecule has 0 radical (unpaired) electrons. The van der Waals surface area contributed by atoms with Gasteiger partial charge in [-0.25, -0.2) is 4.39 Å². The molecule has 0 bridgehead atoms. The van der Waals surface area contributed by atoms with Gasteiger partial charge < -0.3 is 9.52 Å². The van der Waals surface area contributed by atoms with Gasteiger partial charge in [-0.15, -0.1) is 0 Å². The van der Waals surface area contributed by atoms with Crippen LogP contribution >= 0.6 is 0 Å². The highest BCUT2D eigenvalue weighted by atomic mass is 19.1. The van der Waals surface area contributed by atoms with Gasteiger partial charge in [-0.3, -0.25) is 10.1 Å². The predicted molar refractivity (Wildman–Crippen MR) is 86.6 cm³/mol. The highest BCUT2D eigenvalue weighted by molar-refractivity contribution is 5.73. The first-order chi connectivity index (χ1) is 10.9. The zero-order valence-electron chi connectivity index (χ0n) is 13.6. The average molecular weight is 319 g/mol. The number of hydrogen-bond donors (Lipinski definition) is 2. The Morgan fingerprint density at radius 2 is 2.04 bits per heavy atom. The summed E-state index contributed by atoms with van der Waals surface area (Å²) in [5.74, 6) is 0.340. The molecule has 0 fully saturated rings. The van der Waals surface area contributed by atoms with E-state index in [0.717, 1.165) is 0 Å². The Kier molecular flexibility index (Phi) is 5.55. The maximum absolute atomic E-state index is 13.6. The fourth-order valence-electron chi connectivity index (χ4n) is 2.46. The first-order valence-corrected chi connectivity index (χ1v) is 7.69. The van der Waals surface area contributed by atoms with E-state index in [-0.39, 0.29) is 11.7 Å². The number of hydrogen-bond acceptors (Lipinski definition) is 3. The number of halogens is 1. The Balaban J connectivity index is 2.07. The lowest BCUT2D eigenvalue weighted by atomic mass is 10.0. The summed E-state index contributed by atoms with van der Waals surface area (Å²) in [5.41, 5.74) is 1.23. The van der Waals surface area contributed by atoms with Gasteiger partial charge in [0.2, 0.25) is 0 Å². The molecular weight excluding hydrogens is 297 g/mol. The molecule has 2 N–H and O–H groups in total. The maximum Gasteiger partial charge on any atom is 0.320 e. The van der Waals surface area contributed by atoms with Crippen LogP contribution in [0.1, 0.15) is 31.6 Å². The summed E-state index contributed by atoms with van der Waals surface area (Å²) >= 11 is 0. The number of benzene rings is 1. The molecule has 1 heterocycles. The molecule has 0 aliphatic rings. The third-order valence-electron chi connectivity index (χ3n) is 3.72. The van der Waals surface area contributed by atoms with Gasteiger partial charge in [0, 0.05) is 5.56 Å². The minimum absolute atomic E-state index is 0.276. The third-order valence-corrected chi connectivity index (χ3v) is 3.72. The zero-order chi connectivity index (χ0) is 17.0. The fraction of sp³-hybridized carbons (Fsp3) is 0.389. The van der Waals surface area contributed by atoms with Crippen LogP contribution in [0.4, 0.5) is 4.39 Å². The van der Waals surface area contributed by atoms with E-state index in [1.54, 1.807) is 31.2 Å². The number of aliphatic carboxylic acids is 1. The summed E-state index contributed by atoms with van der Waals surface area (Å²) in [6.45, 7) is 5.98. The molecule has 23 heavy (non-hydrogen) atoms. The van der Waals surface area contributed by atoms with Crippen molar-refractivity contribution < 1.29 is 18.7 Å². The molecule has 2 rings (SSSR count). The van der Waals surface area contributed by atoms with Gasteiger partial charge in [-0.2, -0.15) is 0 Å². The van der Waals surface area contributed by atoms with Crippen LogP contribution in [0.5, 0.6) is 0 Å². The second-order valence-electron chi connectivity index (χ2n) is 6.08. The lowest BCUT2D eigenvalue weighted by molar-refractivity contribution is -0.140. The second kappa shape index (κ2) is 7.42. The van der Waals surface area contributed by atoms with Crippen LogP contribution in [-0.4, -0.2) is 17.1 Å². The molecule has 2 aromatic rings. The summed E-state index contributed by atoms with van der Waals surface area (Å²) in [7, 11) is 0. The van der Waals surface area contributed by atoms with Gasteiger partial charge in [-0.1, -0.05) is 26.0 Å². The van der Waals surface area contributed by atoms with E-state index in [0.29, 0.717) is 35.6 Å². The van der Waals surface area contributed by atoms with Crippen molar-refractivity contribution in [1.29, 1.82) is 0 Å². The molecule has 4 nitrogen and oxygen atoms in total. The van der Waals surface area contributed by atoms with Gasteiger partial charge >= 0.3 is 5.97 Å². The van der Waals surface area contributed by atoms with Crippen LogP contribution in [0.3, 0.4) is 0 Å². The van der Waals surface area contributed by atoms with E-state index in [9.17, 15) is 14.3 Å². The van der Waals surface area contributed by atoms with E-state index < -0.39 is 12.0 Å². The number of carbonyl (C=O) groups is 1. The van der Waals surface area contributed by atoms with Crippen molar-refractivity contribution in [2.24, 2.45) is 5.92 Å². The van der Waals surface area contributed by atoms with Gasteiger partial charge in [-0.05, 0) is 43.0 Å². The van der Waals surface area contributed by atoms with Crippen LogP contribution in [0.25, 0.3) is 11.3 Å². The summed E-state index contributed by atoms with van der Waals surface area (Å²) < 4.78 is 19.3. The van der Waals surface area contributed by atoms with Crippen molar-refractivity contribution in [2.75, 3.05) is 0 Å². The van der Waals surface area contributed by atoms with Crippen molar-refractivity contribution in [2.45, 2.75) is 39.8 Å². The lowest BCUT2D eigenvalue weighted by Crippen LogP contribution is -2.37. The molecule has 1 aromatic carbocycles. The highest BCUT2D eigenvalue weighted by Gasteiger charge is 2.19. The van der Waals surface area contributed by atoms with E-state index in [1.165, 1.54) is 6.07 Å². The Bertz CT molecular complexity index is 679. The van der Waals surface area contributed by atoms with Crippen molar-refractivity contribution >= 4 is 5.97 Å². The van der Waals surface area contributed by atoms with Crippen LogP contribution in [0, 0.1) is 18.7 Å². The Hall–Kier alpha value is -2.14. The quantitative estimate of drug-likeness (QED) is 0.810. The van der Waals surface area contributed by atoms with Crippen molar-refractivity contribution in [3.8, 4) is 11.3 Å². The molecule has 0 spiro atoms. The molecule has 0 saturated heterocycles. The highest BCUT2D eigenvalue weighted by Crippen LogP contribution is 2.27. The van der Waals surface area contributed by atoms with Gasteiger partial charge in [0.25, 0.3) is 0 Å². The van der Waals surface area contributed by atoms with Crippen LogP contribution < -0.4 is 5.32 Å². The minimum Gasteiger partial charge on any atom is -0.480 e. The van der Waals surface area contributed by atoms with Gasteiger partial charge in [0.1, 0.15) is 23.4 Å². The van der Waals surface area contributed by atoms with E-state index in [2.05, 4.69) is 5.32 Å². The Labute approximate surface area is 135 Å². The van der Waals surface area contributed by atoms with Gasteiger partial charge in [0.15, 0.2) is 0 Å². The van der Waals surface area contributed by atoms with Crippen molar-refractivity contribution in [1.82, 2.24) is 5.32 Å². The maximum atomic E-state index is 13.6. The number of rotatable bonds is 7. The molecule has 0 saturated carbocycles.